The normalized spacial score (nSPS) is 17.8. The minimum absolute atomic E-state index is 0.744. The zero-order valence-corrected chi connectivity index (χ0v) is 21.3. The number of piperidine rings is 1. The van der Waals surface area contributed by atoms with Crippen molar-refractivity contribution in [2.24, 2.45) is 5.92 Å². The van der Waals surface area contributed by atoms with Crippen LogP contribution in [0.5, 0.6) is 0 Å². The lowest BCUT2D eigenvalue weighted by molar-refractivity contribution is 0.502. The Bertz CT molecular complexity index is 1130. The molecule has 1 aliphatic heterocycles. The Labute approximate surface area is 212 Å². The van der Waals surface area contributed by atoms with Crippen molar-refractivity contribution in [1.29, 1.82) is 0 Å². The number of fused-ring (bicyclic) bond motifs is 1. The van der Waals surface area contributed by atoms with E-state index in [-0.39, 0.29) is 0 Å². The van der Waals surface area contributed by atoms with Crippen molar-refractivity contribution in [3.8, 4) is 0 Å². The Kier molecular flexibility index (Phi) is 9.31. The summed E-state index contributed by atoms with van der Waals surface area (Å²) in [6, 6.07) is 8.80. The van der Waals surface area contributed by atoms with Crippen LogP contribution in [0.3, 0.4) is 0 Å². The summed E-state index contributed by atoms with van der Waals surface area (Å²) in [5.41, 5.74) is 7.65. The van der Waals surface area contributed by atoms with Gasteiger partial charge in [-0.05, 0) is 64.8 Å². The molecule has 0 bridgehead atoms. The van der Waals surface area contributed by atoms with Crippen molar-refractivity contribution >= 4 is 11.8 Å². The van der Waals surface area contributed by atoms with Gasteiger partial charge in [0.2, 0.25) is 0 Å². The first-order valence-corrected chi connectivity index (χ1v) is 12.2. The van der Waals surface area contributed by atoms with E-state index < -0.39 is 0 Å². The molecule has 0 radical (unpaired) electrons. The van der Waals surface area contributed by atoms with E-state index in [9.17, 15) is 0 Å². The fraction of sp³-hybridized carbons (Fsp3) is 0.212. The van der Waals surface area contributed by atoms with Crippen LogP contribution in [-0.2, 0) is 0 Å². The second-order valence-electron chi connectivity index (χ2n) is 9.35. The van der Waals surface area contributed by atoms with E-state index in [2.05, 4.69) is 79.8 Å². The third-order valence-electron chi connectivity index (χ3n) is 6.35. The topological polar surface area (TPSA) is 6.48 Å². The zero-order valence-electron chi connectivity index (χ0n) is 21.3. The van der Waals surface area contributed by atoms with E-state index in [0.29, 0.717) is 0 Å². The summed E-state index contributed by atoms with van der Waals surface area (Å²) in [6.07, 6.45) is 25.1. The molecule has 1 aliphatic carbocycles. The van der Waals surface area contributed by atoms with Gasteiger partial charge in [-0.3, -0.25) is 0 Å². The van der Waals surface area contributed by atoms with Crippen LogP contribution in [0.15, 0.2) is 139 Å². The molecule has 2 heteroatoms. The second-order valence-corrected chi connectivity index (χ2v) is 9.35. The zero-order chi connectivity index (χ0) is 25.2. The molecule has 1 atom stereocenters. The van der Waals surface area contributed by atoms with Gasteiger partial charge in [0, 0.05) is 38.6 Å². The van der Waals surface area contributed by atoms with Gasteiger partial charge in [-0.15, -0.1) is 0 Å². The van der Waals surface area contributed by atoms with Crippen LogP contribution < -0.4 is 4.90 Å². The summed E-state index contributed by atoms with van der Waals surface area (Å²) in [5.74, 6) is 0.744. The Balaban J connectivity index is 1.48. The number of allylic oxidation sites excluding steroid dienone is 13. The summed E-state index contributed by atoms with van der Waals surface area (Å²) in [6.45, 7) is 18.4. The molecule has 0 aromatic heterocycles. The summed E-state index contributed by atoms with van der Waals surface area (Å²) >= 11 is 0. The maximum absolute atomic E-state index is 4.13. The highest BCUT2D eigenvalue weighted by molar-refractivity contribution is 5.59. The lowest BCUT2D eigenvalue weighted by atomic mass is 9.85. The Morgan fingerprint density at radius 1 is 0.857 bits per heavy atom. The van der Waals surface area contributed by atoms with E-state index in [1.807, 2.05) is 61.5 Å². The molecule has 1 saturated heterocycles. The Morgan fingerprint density at radius 3 is 2.09 bits per heavy atom. The van der Waals surface area contributed by atoms with E-state index in [1.54, 1.807) is 5.57 Å². The fourth-order valence-corrected chi connectivity index (χ4v) is 3.99. The van der Waals surface area contributed by atoms with Crippen LogP contribution >= 0.6 is 0 Å². The number of hydrogen-bond donors (Lipinski definition) is 0. The molecule has 1 fully saturated rings. The maximum atomic E-state index is 4.13. The van der Waals surface area contributed by atoms with Crippen LogP contribution in [0.4, 0.5) is 5.69 Å². The van der Waals surface area contributed by atoms with E-state index in [4.69, 9.17) is 0 Å². The number of nitrogens with zero attached hydrogens (tertiary/aromatic N) is 2. The van der Waals surface area contributed by atoms with Crippen LogP contribution in [0, 0.1) is 5.92 Å². The number of benzene rings is 1. The molecule has 1 heterocycles. The summed E-state index contributed by atoms with van der Waals surface area (Å²) < 4.78 is 0. The van der Waals surface area contributed by atoms with E-state index in [1.165, 1.54) is 24.1 Å². The Morgan fingerprint density at radius 2 is 1.46 bits per heavy atom. The number of anilines is 1. The third-order valence-corrected chi connectivity index (χ3v) is 6.35. The van der Waals surface area contributed by atoms with Crippen molar-refractivity contribution < 1.29 is 0 Å². The summed E-state index contributed by atoms with van der Waals surface area (Å²) in [7, 11) is 3.93. The average Bonchev–Trinajstić information content (AvgIpc) is 2.88. The fourth-order valence-electron chi connectivity index (χ4n) is 3.99. The molecule has 1 unspecified atom stereocenters. The molecule has 0 amide bonds. The van der Waals surface area contributed by atoms with E-state index in [0.717, 1.165) is 41.4 Å². The summed E-state index contributed by atoms with van der Waals surface area (Å²) in [5, 5.41) is 0. The second kappa shape index (κ2) is 12.6. The minimum atomic E-state index is 0.744. The van der Waals surface area contributed by atoms with Gasteiger partial charge < -0.3 is 9.80 Å². The standard InChI is InChI=1S/C33H38N2/c1-26(11-13-27(2)15-17-29(4)34(5)6)12-14-28(3)16-18-30-19-21-33(22-20-30)35-24-23-31-9-7-8-10-32(31)25-35/h7-8,10-22,31H,1-4,9,23-25H2,5-6H3. The van der Waals surface area contributed by atoms with Crippen molar-refractivity contribution in [3.05, 3.63) is 145 Å². The van der Waals surface area contributed by atoms with Crippen LogP contribution in [0.2, 0.25) is 0 Å². The lowest BCUT2D eigenvalue weighted by Crippen LogP contribution is -2.35. The number of hydrogen-bond acceptors (Lipinski definition) is 2. The van der Waals surface area contributed by atoms with Crippen molar-refractivity contribution in [3.63, 3.8) is 0 Å². The first-order chi connectivity index (χ1) is 16.8. The van der Waals surface area contributed by atoms with Crippen LogP contribution in [0.25, 0.3) is 6.08 Å². The van der Waals surface area contributed by atoms with E-state index >= 15 is 0 Å². The Hall–Kier alpha value is -3.78. The molecule has 1 aromatic rings. The quantitative estimate of drug-likeness (QED) is 0.327. The first-order valence-electron chi connectivity index (χ1n) is 12.2. The highest BCUT2D eigenvalue weighted by Gasteiger charge is 2.23. The molecular weight excluding hydrogens is 424 g/mol. The van der Waals surface area contributed by atoms with Gasteiger partial charge in [-0.2, -0.15) is 0 Å². The number of rotatable bonds is 10. The minimum Gasteiger partial charge on any atom is -0.378 e. The third kappa shape index (κ3) is 8.19. The molecule has 2 aliphatic rings. The monoisotopic (exact) mass is 462 g/mol. The first kappa shape index (κ1) is 25.8. The lowest BCUT2D eigenvalue weighted by Gasteiger charge is -2.36. The van der Waals surface area contributed by atoms with Crippen molar-refractivity contribution in [2.75, 3.05) is 32.1 Å². The van der Waals surface area contributed by atoms with Crippen molar-refractivity contribution in [2.45, 2.75) is 12.8 Å². The predicted molar refractivity (Wildman–Crippen MR) is 155 cm³/mol. The summed E-state index contributed by atoms with van der Waals surface area (Å²) in [4.78, 5) is 4.44. The predicted octanol–water partition coefficient (Wildman–Crippen LogP) is 7.82. The smallest absolute Gasteiger partial charge is 0.0394 e. The highest BCUT2D eigenvalue weighted by atomic mass is 15.1. The molecule has 0 saturated carbocycles. The molecule has 0 N–H and O–H groups in total. The van der Waals surface area contributed by atoms with Gasteiger partial charge in [0.15, 0.2) is 0 Å². The van der Waals surface area contributed by atoms with Gasteiger partial charge in [0.1, 0.15) is 0 Å². The van der Waals surface area contributed by atoms with Gasteiger partial charge in [0.05, 0.1) is 0 Å². The highest BCUT2D eigenvalue weighted by Crippen LogP contribution is 2.31. The van der Waals surface area contributed by atoms with Gasteiger partial charge in [-0.25, -0.2) is 0 Å². The SMILES string of the molecule is C=C(C=CC(=C)C=CC(=C)N(C)C)C=CC(=C)C=Cc1ccc(N2CCC3CC=CC=C3C2)cc1. The van der Waals surface area contributed by atoms with Gasteiger partial charge in [0.25, 0.3) is 0 Å². The number of likely N-dealkylation sites (N-methyl/N-ethyl adjacent to an activating group) is 1. The molecule has 35 heavy (non-hydrogen) atoms. The molecule has 0 spiro atoms. The van der Waals surface area contributed by atoms with Gasteiger partial charge >= 0.3 is 0 Å². The molecule has 180 valence electrons. The molecular formula is C33H38N2. The van der Waals surface area contributed by atoms with Crippen LogP contribution in [-0.4, -0.2) is 32.1 Å². The van der Waals surface area contributed by atoms with Crippen molar-refractivity contribution in [1.82, 2.24) is 4.90 Å². The van der Waals surface area contributed by atoms with Gasteiger partial charge in [-0.1, -0.05) is 99.2 Å². The molecule has 1 aromatic carbocycles. The molecule has 3 rings (SSSR count). The largest absolute Gasteiger partial charge is 0.378 e. The average molecular weight is 463 g/mol. The molecule has 2 nitrogen and oxygen atoms in total. The maximum Gasteiger partial charge on any atom is 0.0394 e. The van der Waals surface area contributed by atoms with Crippen LogP contribution in [0.1, 0.15) is 18.4 Å².